The van der Waals surface area contributed by atoms with Crippen LogP contribution in [0.5, 0.6) is 0 Å². The monoisotopic (exact) mass is 291 g/mol. The molecule has 0 spiro atoms. The van der Waals surface area contributed by atoms with Crippen molar-refractivity contribution in [3.8, 4) is 0 Å². The molecule has 1 aliphatic heterocycles. The minimum atomic E-state index is -0.940. The van der Waals surface area contributed by atoms with Crippen LogP contribution in [0, 0.1) is 0 Å². The molecule has 0 saturated carbocycles. The molecule has 1 aromatic rings. The van der Waals surface area contributed by atoms with Gasteiger partial charge in [0, 0.05) is 12.6 Å². The van der Waals surface area contributed by atoms with Crippen molar-refractivity contribution in [1.82, 2.24) is 15.5 Å². The molecule has 21 heavy (non-hydrogen) atoms. The fourth-order valence-electron chi connectivity index (χ4n) is 2.55. The van der Waals surface area contributed by atoms with E-state index < -0.39 is 12.0 Å². The summed E-state index contributed by atoms with van der Waals surface area (Å²) < 4.78 is 0. The highest BCUT2D eigenvalue weighted by Crippen LogP contribution is 2.16. The van der Waals surface area contributed by atoms with Crippen LogP contribution < -0.4 is 10.6 Å². The molecular weight excluding hydrogens is 270 g/mol. The molecule has 2 rings (SSSR count). The van der Waals surface area contributed by atoms with Gasteiger partial charge in [-0.05, 0) is 25.6 Å². The number of aliphatic carboxylic acids is 1. The second kappa shape index (κ2) is 7.08. The number of likely N-dealkylation sites (tertiary alicyclic amines) is 1. The quantitative estimate of drug-likeness (QED) is 0.761. The van der Waals surface area contributed by atoms with E-state index in [4.69, 9.17) is 5.11 Å². The number of nitrogens with one attached hydrogen (secondary N) is 2. The van der Waals surface area contributed by atoms with Crippen molar-refractivity contribution in [3.63, 3.8) is 0 Å². The van der Waals surface area contributed by atoms with Crippen LogP contribution in [0.1, 0.15) is 24.4 Å². The largest absolute Gasteiger partial charge is 0.481 e. The summed E-state index contributed by atoms with van der Waals surface area (Å²) in [6, 6.07) is 8.43. The van der Waals surface area contributed by atoms with Gasteiger partial charge in [-0.1, -0.05) is 30.3 Å². The van der Waals surface area contributed by atoms with Gasteiger partial charge in [0.2, 0.25) is 0 Å². The van der Waals surface area contributed by atoms with Crippen molar-refractivity contribution in [2.24, 2.45) is 0 Å². The van der Waals surface area contributed by atoms with Gasteiger partial charge in [-0.25, -0.2) is 4.79 Å². The van der Waals surface area contributed by atoms with Gasteiger partial charge in [-0.2, -0.15) is 0 Å². The van der Waals surface area contributed by atoms with Crippen molar-refractivity contribution < 1.29 is 14.7 Å². The highest BCUT2D eigenvalue weighted by molar-refractivity contribution is 5.76. The van der Waals surface area contributed by atoms with E-state index in [2.05, 4.69) is 15.5 Å². The first-order valence-electron chi connectivity index (χ1n) is 7.07. The Morgan fingerprint density at radius 2 is 2.10 bits per heavy atom. The molecule has 3 N–H and O–H groups in total. The Balaban J connectivity index is 1.95. The summed E-state index contributed by atoms with van der Waals surface area (Å²) in [5.74, 6) is -0.940. The fourth-order valence-corrected chi connectivity index (χ4v) is 2.55. The fraction of sp³-hybridized carbons (Fsp3) is 0.467. The number of carbonyl (C=O) groups is 2. The summed E-state index contributed by atoms with van der Waals surface area (Å²) in [5.41, 5.74) is 0.790. The molecule has 2 unspecified atom stereocenters. The number of urea groups is 1. The number of hydrogen-bond donors (Lipinski definition) is 3. The normalized spacial score (nSPS) is 20.0. The lowest BCUT2D eigenvalue weighted by Crippen LogP contribution is -2.44. The number of carboxylic acid groups (broad SMARTS) is 1. The molecule has 6 nitrogen and oxygen atoms in total. The number of amides is 2. The summed E-state index contributed by atoms with van der Waals surface area (Å²) in [5, 5.41) is 14.7. The molecule has 1 aromatic carbocycles. The smallest absolute Gasteiger partial charge is 0.315 e. The van der Waals surface area contributed by atoms with Gasteiger partial charge in [0.05, 0.1) is 12.5 Å². The van der Waals surface area contributed by atoms with Crippen LogP contribution in [-0.2, 0) is 4.79 Å². The zero-order valence-corrected chi connectivity index (χ0v) is 12.1. The third-order valence-electron chi connectivity index (χ3n) is 3.61. The molecule has 1 heterocycles. The molecule has 1 aliphatic rings. The summed E-state index contributed by atoms with van der Waals surface area (Å²) in [6.45, 7) is 1.78. The molecule has 0 aliphatic carbocycles. The van der Waals surface area contributed by atoms with Crippen LogP contribution in [0.2, 0.25) is 0 Å². The number of rotatable bonds is 5. The number of likely N-dealkylation sites (N-methyl/N-ethyl adjacent to an activating group) is 1. The predicted octanol–water partition coefficient (Wildman–Crippen LogP) is 1.21. The topological polar surface area (TPSA) is 81.7 Å². The van der Waals surface area contributed by atoms with Gasteiger partial charge in [-0.15, -0.1) is 0 Å². The summed E-state index contributed by atoms with van der Waals surface area (Å²) in [6.07, 6.45) is 0.779. The molecule has 2 amide bonds. The molecule has 1 fully saturated rings. The molecule has 114 valence electrons. The number of nitrogens with zero attached hydrogens (tertiary/aromatic N) is 1. The Morgan fingerprint density at radius 3 is 2.67 bits per heavy atom. The molecular formula is C15H21N3O3. The predicted molar refractivity (Wildman–Crippen MR) is 79.0 cm³/mol. The van der Waals surface area contributed by atoms with Crippen molar-refractivity contribution >= 4 is 12.0 Å². The Kier molecular flexibility index (Phi) is 5.16. The van der Waals surface area contributed by atoms with E-state index in [1.54, 1.807) is 0 Å². The Morgan fingerprint density at radius 1 is 1.38 bits per heavy atom. The van der Waals surface area contributed by atoms with Gasteiger partial charge >= 0.3 is 12.0 Å². The van der Waals surface area contributed by atoms with Crippen LogP contribution in [0.25, 0.3) is 0 Å². The highest BCUT2D eigenvalue weighted by atomic mass is 16.4. The molecule has 0 radical (unpaired) electrons. The second-order valence-electron chi connectivity index (χ2n) is 5.43. The lowest BCUT2D eigenvalue weighted by atomic mass is 10.0. The van der Waals surface area contributed by atoms with Gasteiger partial charge in [-0.3, -0.25) is 4.79 Å². The zero-order chi connectivity index (χ0) is 15.2. The third-order valence-corrected chi connectivity index (χ3v) is 3.61. The maximum atomic E-state index is 12.0. The van der Waals surface area contributed by atoms with Crippen LogP contribution in [0.15, 0.2) is 30.3 Å². The van der Waals surface area contributed by atoms with E-state index in [9.17, 15) is 9.59 Å². The van der Waals surface area contributed by atoms with E-state index in [1.165, 1.54) is 0 Å². The SMILES string of the molecule is CN1CCC(NC(=O)NC(CC(=O)O)c2ccccc2)C1. The zero-order valence-electron chi connectivity index (χ0n) is 12.1. The second-order valence-corrected chi connectivity index (χ2v) is 5.43. The highest BCUT2D eigenvalue weighted by Gasteiger charge is 2.23. The number of carbonyl (C=O) groups excluding carboxylic acids is 1. The lowest BCUT2D eigenvalue weighted by molar-refractivity contribution is -0.137. The maximum absolute atomic E-state index is 12.0. The van der Waals surface area contributed by atoms with Gasteiger partial charge in [0.25, 0.3) is 0 Å². The Hall–Kier alpha value is -2.08. The van der Waals surface area contributed by atoms with Crippen LogP contribution in [0.3, 0.4) is 0 Å². The third kappa shape index (κ3) is 4.75. The summed E-state index contributed by atoms with van der Waals surface area (Å²) >= 11 is 0. The maximum Gasteiger partial charge on any atom is 0.315 e. The van der Waals surface area contributed by atoms with Crippen LogP contribution in [-0.4, -0.2) is 48.2 Å². The molecule has 6 heteroatoms. The van der Waals surface area contributed by atoms with E-state index in [0.717, 1.165) is 25.1 Å². The number of carboxylic acids is 1. The molecule has 2 atom stereocenters. The minimum absolute atomic E-state index is 0.122. The molecule has 0 bridgehead atoms. The molecule has 1 saturated heterocycles. The number of hydrogen-bond acceptors (Lipinski definition) is 3. The van der Waals surface area contributed by atoms with Crippen molar-refractivity contribution in [2.45, 2.75) is 24.9 Å². The van der Waals surface area contributed by atoms with Crippen LogP contribution in [0.4, 0.5) is 4.79 Å². The lowest BCUT2D eigenvalue weighted by Gasteiger charge is -2.20. The Bertz CT molecular complexity index is 492. The Labute approximate surface area is 124 Å². The number of benzene rings is 1. The van der Waals surface area contributed by atoms with Gasteiger partial charge < -0.3 is 20.6 Å². The van der Waals surface area contributed by atoms with Crippen molar-refractivity contribution in [2.75, 3.05) is 20.1 Å². The van der Waals surface area contributed by atoms with Gasteiger partial charge in [0.1, 0.15) is 0 Å². The van der Waals surface area contributed by atoms with Crippen LogP contribution >= 0.6 is 0 Å². The van der Waals surface area contributed by atoms with E-state index in [0.29, 0.717) is 0 Å². The molecule has 0 aromatic heterocycles. The van der Waals surface area contributed by atoms with E-state index >= 15 is 0 Å². The van der Waals surface area contributed by atoms with Gasteiger partial charge in [0.15, 0.2) is 0 Å². The van der Waals surface area contributed by atoms with Crippen molar-refractivity contribution in [3.05, 3.63) is 35.9 Å². The van der Waals surface area contributed by atoms with E-state index in [-0.39, 0.29) is 18.5 Å². The first kappa shape index (κ1) is 15.3. The summed E-state index contributed by atoms with van der Waals surface area (Å²) in [4.78, 5) is 25.2. The minimum Gasteiger partial charge on any atom is -0.481 e. The summed E-state index contributed by atoms with van der Waals surface area (Å²) in [7, 11) is 2.01. The first-order chi connectivity index (χ1) is 10.0. The average Bonchev–Trinajstić information content (AvgIpc) is 2.83. The average molecular weight is 291 g/mol. The van der Waals surface area contributed by atoms with Crippen molar-refractivity contribution in [1.29, 1.82) is 0 Å². The van der Waals surface area contributed by atoms with E-state index in [1.807, 2.05) is 37.4 Å². The standard InChI is InChI=1S/C15H21N3O3/c1-18-8-7-12(10-18)16-15(21)17-13(9-14(19)20)11-5-3-2-4-6-11/h2-6,12-13H,7-10H2,1H3,(H,19,20)(H2,16,17,21). The first-order valence-corrected chi connectivity index (χ1v) is 7.07.